The first kappa shape index (κ1) is 10.4. The number of benzene rings is 1. The first-order chi connectivity index (χ1) is 7.66. The topological polar surface area (TPSA) is 63.3 Å². The largest absolute Gasteiger partial charge is 0.481 e. The minimum atomic E-state index is -0.923. The van der Waals surface area contributed by atoms with Crippen LogP contribution in [0.25, 0.3) is 11.3 Å². The highest BCUT2D eigenvalue weighted by Crippen LogP contribution is 2.23. The maximum Gasteiger partial charge on any atom is 0.311 e. The van der Waals surface area contributed by atoms with Crippen LogP contribution in [0.1, 0.15) is 11.7 Å². The highest BCUT2D eigenvalue weighted by molar-refractivity contribution is 5.73. The van der Waals surface area contributed by atoms with Crippen LogP contribution in [0.4, 0.5) is 0 Å². The predicted octanol–water partition coefficient (Wildman–Crippen LogP) is 2.28. The molecule has 16 heavy (non-hydrogen) atoms. The number of aliphatic carboxylic acids is 1. The lowest BCUT2D eigenvalue weighted by Crippen LogP contribution is -2.00. The van der Waals surface area contributed by atoms with Gasteiger partial charge in [0, 0.05) is 12.5 Å². The predicted molar refractivity (Wildman–Crippen MR) is 58.0 cm³/mol. The van der Waals surface area contributed by atoms with Gasteiger partial charge < -0.3 is 9.52 Å². The van der Waals surface area contributed by atoms with Crippen LogP contribution in [0.2, 0.25) is 0 Å². The number of rotatable bonds is 3. The molecule has 1 aromatic carbocycles. The monoisotopic (exact) mass is 217 g/mol. The minimum absolute atomic E-state index is 0.148. The number of hydrogen-bond donors (Lipinski definition) is 1. The lowest BCUT2D eigenvalue weighted by Gasteiger charge is -1.97. The molecule has 1 heterocycles. The van der Waals surface area contributed by atoms with Crippen molar-refractivity contribution in [3.8, 4) is 11.3 Å². The smallest absolute Gasteiger partial charge is 0.311 e. The maximum absolute atomic E-state index is 10.7. The van der Waals surface area contributed by atoms with Crippen molar-refractivity contribution >= 4 is 5.97 Å². The van der Waals surface area contributed by atoms with Crippen LogP contribution < -0.4 is 0 Å². The van der Waals surface area contributed by atoms with Gasteiger partial charge in [0.05, 0.1) is 0 Å². The lowest BCUT2D eigenvalue weighted by atomic mass is 10.1. The van der Waals surface area contributed by atoms with Gasteiger partial charge in [-0.1, -0.05) is 30.3 Å². The highest BCUT2D eigenvalue weighted by Gasteiger charge is 2.15. The van der Waals surface area contributed by atoms with Crippen LogP contribution in [-0.2, 0) is 11.2 Å². The number of aryl methyl sites for hydroxylation is 1. The van der Waals surface area contributed by atoms with Gasteiger partial charge in [-0.3, -0.25) is 4.79 Å². The van der Waals surface area contributed by atoms with E-state index >= 15 is 0 Å². The molecule has 0 aliphatic heterocycles. The Bertz CT molecular complexity index is 502. The average molecular weight is 217 g/mol. The van der Waals surface area contributed by atoms with Gasteiger partial charge in [-0.15, -0.1) is 0 Å². The number of carboxylic acids is 1. The van der Waals surface area contributed by atoms with Gasteiger partial charge >= 0.3 is 5.97 Å². The molecule has 0 spiro atoms. The molecule has 82 valence electrons. The molecule has 1 N–H and O–H groups in total. The van der Waals surface area contributed by atoms with E-state index in [2.05, 4.69) is 4.98 Å². The van der Waals surface area contributed by atoms with Gasteiger partial charge in [0.2, 0.25) is 0 Å². The van der Waals surface area contributed by atoms with E-state index < -0.39 is 5.97 Å². The molecule has 0 saturated heterocycles. The van der Waals surface area contributed by atoms with E-state index in [4.69, 9.17) is 9.52 Å². The molecule has 2 rings (SSSR count). The molecule has 1 aromatic heterocycles. The Morgan fingerprint density at radius 2 is 2.06 bits per heavy atom. The first-order valence-corrected chi connectivity index (χ1v) is 4.90. The van der Waals surface area contributed by atoms with Crippen LogP contribution in [0.15, 0.2) is 34.7 Å². The lowest BCUT2D eigenvalue weighted by molar-refractivity contribution is -0.136. The van der Waals surface area contributed by atoms with Crippen molar-refractivity contribution in [1.29, 1.82) is 0 Å². The third kappa shape index (κ3) is 2.11. The Morgan fingerprint density at radius 3 is 2.69 bits per heavy atom. The molecule has 0 saturated carbocycles. The molecule has 0 atom stereocenters. The molecule has 0 amide bonds. The third-order valence-electron chi connectivity index (χ3n) is 2.16. The number of nitrogens with zero attached hydrogens (tertiary/aromatic N) is 1. The summed E-state index contributed by atoms with van der Waals surface area (Å²) in [6, 6.07) is 9.41. The van der Waals surface area contributed by atoms with Crippen LogP contribution >= 0.6 is 0 Å². The van der Waals surface area contributed by atoms with E-state index in [9.17, 15) is 4.79 Å². The zero-order chi connectivity index (χ0) is 11.5. The molecule has 0 bridgehead atoms. The summed E-state index contributed by atoms with van der Waals surface area (Å²) < 4.78 is 5.29. The fraction of sp³-hybridized carbons (Fsp3) is 0.167. The molecule has 4 heteroatoms. The van der Waals surface area contributed by atoms with Crippen molar-refractivity contribution in [2.75, 3.05) is 0 Å². The molecule has 0 aliphatic carbocycles. The van der Waals surface area contributed by atoms with Crippen LogP contribution in [0, 0.1) is 6.92 Å². The second-order valence-corrected chi connectivity index (χ2v) is 3.44. The van der Waals surface area contributed by atoms with Gasteiger partial charge in [-0.2, -0.15) is 0 Å². The van der Waals surface area contributed by atoms with Crippen molar-refractivity contribution in [3.05, 3.63) is 42.0 Å². The minimum Gasteiger partial charge on any atom is -0.481 e. The van der Waals surface area contributed by atoms with Crippen molar-refractivity contribution in [2.24, 2.45) is 0 Å². The van der Waals surface area contributed by atoms with Gasteiger partial charge in [0.25, 0.3) is 0 Å². The fourth-order valence-corrected chi connectivity index (χ4v) is 1.55. The summed E-state index contributed by atoms with van der Waals surface area (Å²) in [5.74, 6) is -0.0420. The average Bonchev–Trinajstić information content (AvgIpc) is 2.60. The van der Waals surface area contributed by atoms with Gasteiger partial charge in [0.15, 0.2) is 5.89 Å². The molecular formula is C12H11NO3. The van der Waals surface area contributed by atoms with Gasteiger partial charge in [-0.05, 0) is 0 Å². The van der Waals surface area contributed by atoms with Crippen LogP contribution in [-0.4, -0.2) is 16.1 Å². The van der Waals surface area contributed by atoms with Crippen LogP contribution in [0.3, 0.4) is 0 Å². The zero-order valence-electron chi connectivity index (χ0n) is 8.80. The SMILES string of the molecule is Cc1nc(-c2ccccc2)c(CC(=O)O)o1. The zero-order valence-corrected chi connectivity index (χ0v) is 8.80. The Labute approximate surface area is 92.6 Å². The molecule has 0 fully saturated rings. The Balaban J connectivity index is 2.44. The Kier molecular flexibility index (Phi) is 2.72. The molecular weight excluding hydrogens is 206 g/mol. The summed E-state index contributed by atoms with van der Waals surface area (Å²) >= 11 is 0. The summed E-state index contributed by atoms with van der Waals surface area (Å²) in [6.45, 7) is 1.71. The molecule has 2 aromatic rings. The summed E-state index contributed by atoms with van der Waals surface area (Å²) in [5.41, 5.74) is 1.48. The first-order valence-electron chi connectivity index (χ1n) is 4.90. The van der Waals surface area contributed by atoms with Gasteiger partial charge in [0.1, 0.15) is 17.9 Å². The number of carboxylic acid groups (broad SMARTS) is 1. The maximum atomic E-state index is 10.7. The summed E-state index contributed by atoms with van der Waals surface area (Å²) in [7, 11) is 0. The van der Waals surface area contributed by atoms with Crippen molar-refractivity contribution in [3.63, 3.8) is 0 Å². The van der Waals surface area contributed by atoms with Crippen molar-refractivity contribution < 1.29 is 14.3 Å². The number of hydrogen-bond acceptors (Lipinski definition) is 3. The summed E-state index contributed by atoms with van der Waals surface area (Å²) in [6.07, 6.45) is -0.148. The van der Waals surface area contributed by atoms with Crippen LogP contribution in [0.5, 0.6) is 0 Å². The van der Waals surface area contributed by atoms with E-state index in [1.807, 2.05) is 30.3 Å². The van der Waals surface area contributed by atoms with E-state index in [0.717, 1.165) is 5.56 Å². The molecule has 4 nitrogen and oxygen atoms in total. The van der Waals surface area contributed by atoms with Gasteiger partial charge in [-0.25, -0.2) is 4.98 Å². The standard InChI is InChI=1S/C12H11NO3/c1-8-13-12(9-5-3-2-4-6-9)10(16-8)7-11(14)15/h2-6H,7H2,1H3,(H,14,15). The highest BCUT2D eigenvalue weighted by atomic mass is 16.4. The third-order valence-corrected chi connectivity index (χ3v) is 2.16. The Morgan fingerprint density at radius 1 is 1.38 bits per heavy atom. The number of aromatic nitrogens is 1. The molecule has 0 unspecified atom stereocenters. The molecule has 0 aliphatic rings. The quantitative estimate of drug-likeness (QED) is 0.856. The van der Waals surface area contributed by atoms with E-state index in [-0.39, 0.29) is 6.42 Å². The summed E-state index contributed by atoms with van der Waals surface area (Å²) in [5, 5.41) is 8.76. The van der Waals surface area contributed by atoms with E-state index in [1.54, 1.807) is 6.92 Å². The fourth-order valence-electron chi connectivity index (χ4n) is 1.55. The second kappa shape index (κ2) is 4.18. The normalized spacial score (nSPS) is 10.3. The van der Waals surface area contributed by atoms with E-state index in [1.165, 1.54) is 0 Å². The number of carbonyl (C=O) groups is 1. The second-order valence-electron chi connectivity index (χ2n) is 3.44. The number of oxazole rings is 1. The Hall–Kier alpha value is -2.10. The van der Waals surface area contributed by atoms with Crippen molar-refractivity contribution in [1.82, 2.24) is 4.98 Å². The van der Waals surface area contributed by atoms with Crippen molar-refractivity contribution in [2.45, 2.75) is 13.3 Å². The summed E-state index contributed by atoms with van der Waals surface area (Å²) in [4.78, 5) is 14.9. The van der Waals surface area contributed by atoms with E-state index in [0.29, 0.717) is 17.3 Å². The molecule has 0 radical (unpaired) electrons.